The number of fused-ring (bicyclic) bond motifs is 1. The number of ether oxygens (including phenoxy) is 1. The van der Waals surface area contributed by atoms with Crippen molar-refractivity contribution in [3.8, 4) is 17.6 Å². The standard InChI is InChI=1S/C27H34FN3O5S/c1-18(2)29-27(33)30(5)16-25-19(3)15-31(20(4)17-32)37(34,35)26-13-10-22(14-24(26)36-25)7-6-21-8-11-23(28)12-9-21/h8-14,18-20,25,32H,15-17H2,1-5H3,(H,29,33)/t19-,20+,25+/m0/s1. The molecule has 0 bridgehead atoms. The van der Waals surface area contributed by atoms with Gasteiger partial charge in [-0.3, -0.25) is 0 Å². The average molecular weight is 532 g/mol. The Morgan fingerprint density at radius 3 is 2.43 bits per heavy atom. The van der Waals surface area contributed by atoms with E-state index in [0.717, 1.165) is 0 Å². The Labute approximate surface area is 218 Å². The van der Waals surface area contributed by atoms with E-state index in [-0.39, 0.29) is 54.1 Å². The number of hydrogen-bond donors (Lipinski definition) is 2. The summed E-state index contributed by atoms with van der Waals surface area (Å²) in [6.45, 7) is 7.21. The summed E-state index contributed by atoms with van der Waals surface area (Å²) in [6.07, 6.45) is -0.536. The van der Waals surface area contributed by atoms with E-state index >= 15 is 0 Å². The van der Waals surface area contributed by atoms with Gasteiger partial charge < -0.3 is 20.1 Å². The quantitative estimate of drug-likeness (QED) is 0.578. The van der Waals surface area contributed by atoms with E-state index in [1.807, 2.05) is 20.8 Å². The number of amides is 2. The van der Waals surface area contributed by atoms with Gasteiger partial charge in [-0.05, 0) is 63.2 Å². The molecule has 200 valence electrons. The summed E-state index contributed by atoms with van der Waals surface area (Å²) in [5, 5.41) is 12.6. The topological polar surface area (TPSA) is 99.2 Å². The third-order valence-corrected chi connectivity index (χ3v) is 8.09. The summed E-state index contributed by atoms with van der Waals surface area (Å²) in [6, 6.07) is 9.37. The second-order valence-corrected chi connectivity index (χ2v) is 11.5. The van der Waals surface area contributed by atoms with E-state index in [0.29, 0.717) is 11.1 Å². The molecule has 0 radical (unpaired) electrons. The second-order valence-electron chi connectivity index (χ2n) is 9.64. The van der Waals surface area contributed by atoms with Crippen molar-refractivity contribution in [3.63, 3.8) is 0 Å². The molecule has 3 rings (SSSR count). The smallest absolute Gasteiger partial charge is 0.317 e. The van der Waals surface area contributed by atoms with Gasteiger partial charge in [-0.1, -0.05) is 18.8 Å². The highest BCUT2D eigenvalue weighted by Gasteiger charge is 2.38. The second kappa shape index (κ2) is 11.9. The molecule has 0 fully saturated rings. The maximum absolute atomic E-state index is 13.6. The van der Waals surface area contributed by atoms with Gasteiger partial charge in [-0.25, -0.2) is 17.6 Å². The zero-order valence-electron chi connectivity index (χ0n) is 21.7. The number of hydrogen-bond acceptors (Lipinski definition) is 5. The summed E-state index contributed by atoms with van der Waals surface area (Å²) in [4.78, 5) is 14.0. The fraction of sp³-hybridized carbons (Fsp3) is 0.444. The van der Waals surface area contributed by atoms with Crippen LogP contribution in [0.15, 0.2) is 47.4 Å². The number of likely N-dealkylation sites (N-methyl/N-ethyl adjacent to an activating group) is 1. The summed E-state index contributed by atoms with van der Waals surface area (Å²) < 4.78 is 47.9. The summed E-state index contributed by atoms with van der Waals surface area (Å²) in [5.74, 6) is 5.36. The van der Waals surface area contributed by atoms with Crippen LogP contribution in [0.5, 0.6) is 5.75 Å². The fourth-order valence-corrected chi connectivity index (χ4v) is 5.73. The Morgan fingerprint density at radius 2 is 1.81 bits per heavy atom. The lowest BCUT2D eigenvalue weighted by molar-refractivity contribution is 0.0809. The van der Waals surface area contributed by atoms with Gasteiger partial charge in [0, 0.05) is 42.7 Å². The number of carbonyl (C=O) groups is 1. The highest BCUT2D eigenvalue weighted by Crippen LogP contribution is 2.34. The SMILES string of the molecule is CC(C)NC(=O)N(C)C[C@H]1Oc2cc(C#Cc3ccc(F)cc3)ccc2S(=O)(=O)N([C@H](C)CO)C[C@@H]1C. The van der Waals surface area contributed by atoms with Crippen LogP contribution in [0.4, 0.5) is 9.18 Å². The van der Waals surface area contributed by atoms with E-state index in [1.54, 1.807) is 38.2 Å². The van der Waals surface area contributed by atoms with Crippen LogP contribution in [0.1, 0.15) is 38.8 Å². The molecule has 3 atom stereocenters. The minimum Gasteiger partial charge on any atom is -0.487 e. The van der Waals surface area contributed by atoms with E-state index in [2.05, 4.69) is 17.2 Å². The van der Waals surface area contributed by atoms with Crippen molar-refractivity contribution in [2.45, 2.75) is 50.8 Å². The van der Waals surface area contributed by atoms with E-state index in [4.69, 9.17) is 4.74 Å². The first-order valence-electron chi connectivity index (χ1n) is 12.1. The maximum Gasteiger partial charge on any atom is 0.317 e. The van der Waals surface area contributed by atoms with Crippen LogP contribution in [-0.2, 0) is 10.0 Å². The summed E-state index contributed by atoms with van der Waals surface area (Å²) >= 11 is 0. The number of rotatable bonds is 5. The van der Waals surface area contributed by atoms with Crippen LogP contribution >= 0.6 is 0 Å². The molecule has 2 aromatic rings. The molecule has 0 aromatic heterocycles. The Hall–Kier alpha value is -3.13. The molecule has 1 aliphatic heterocycles. The third kappa shape index (κ3) is 7.01. The molecule has 8 nitrogen and oxygen atoms in total. The fourth-order valence-electron chi connectivity index (χ4n) is 3.91. The van der Waals surface area contributed by atoms with Gasteiger partial charge in [-0.2, -0.15) is 4.31 Å². The molecule has 0 aliphatic carbocycles. The van der Waals surface area contributed by atoms with Gasteiger partial charge in [-0.15, -0.1) is 0 Å². The highest BCUT2D eigenvalue weighted by molar-refractivity contribution is 7.89. The number of nitrogens with zero attached hydrogens (tertiary/aromatic N) is 2. The molecule has 2 aromatic carbocycles. The molecule has 1 heterocycles. The number of urea groups is 1. The number of sulfonamides is 1. The Bertz CT molecular complexity index is 1270. The average Bonchev–Trinajstić information content (AvgIpc) is 2.84. The van der Waals surface area contributed by atoms with Crippen LogP contribution in [-0.4, -0.2) is 73.7 Å². The van der Waals surface area contributed by atoms with Gasteiger partial charge in [0.2, 0.25) is 10.0 Å². The van der Waals surface area contributed by atoms with Gasteiger partial charge in [0.25, 0.3) is 0 Å². The predicted octanol–water partition coefficient (Wildman–Crippen LogP) is 3.04. The van der Waals surface area contributed by atoms with Crippen molar-refractivity contribution in [3.05, 3.63) is 59.4 Å². The minimum atomic E-state index is -3.99. The van der Waals surface area contributed by atoms with Crippen molar-refractivity contribution in [2.24, 2.45) is 5.92 Å². The molecule has 1 aliphatic rings. The van der Waals surface area contributed by atoms with Crippen LogP contribution < -0.4 is 10.1 Å². The lowest BCUT2D eigenvalue weighted by atomic mass is 10.0. The van der Waals surface area contributed by atoms with Crippen molar-refractivity contribution < 1.29 is 27.4 Å². The summed E-state index contributed by atoms with van der Waals surface area (Å²) in [5.41, 5.74) is 1.12. The number of benzene rings is 2. The first kappa shape index (κ1) is 28.4. The Kier molecular flexibility index (Phi) is 9.18. The molecule has 2 amide bonds. The molecule has 0 saturated carbocycles. The van der Waals surface area contributed by atoms with Crippen molar-refractivity contribution in [1.82, 2.24) is 14.5 Å². The van der Waals surface area contributed by atoms with E-state index in [1.165, 1.54) is 27.4 Å². The minimum absolute atomic E-state index is 0.0358. The van der Waals surface area contributed by atoms with Crippen LogP contribution in [0.25, 0.3) is 0 Å². The van der Waals surface area contributed by atoms with Crippen LogP contribution in [0.3, 0.4) is 0 Å². The largest absolute Gasteiger partial charge is 0.487 e. The number of nitrogens with one attached hydrogen (secondary N) is 1. The molecule has 2 N–H and O–H groups in total. The number of halogens is 1. The lowest BCUT2D eigenvalue weighted by Gasteiger charge is -2.37. The number of aliphatic hydroxyl groups is 1. The highest BCUT2D eigenvalue weighted by atomic mass is 32.2. The molecule has 0 saturated heterocycles. The monoisotopic (exact) mass is 531 g/mol. The van der Waals surface area contributed by atoms with Crippen molar-refractivity contribution >= 4 is 16.1 Å². The number of aliphatic hydroxyl groups excluding tert-OH is 1. The normalized spacial score (nSPS) is 19.9. The zero-order valence-corrected chi connectivity index (χ0v) is 22.5. The molecule has 0 unspecified atom stereocenters. The molecule has 0 spiro atoms. The molecular weight excluding hydrogens is 497 g/mol. The van der Waals surface area contributed by atoms with Crippen LogP contribution in [0, 0.1) is 23.6 Å². The lowest BCUT2D eigenvalue weighted by Crippen LogP contribution is -2.51. The molecule has 10 heteroatoms. The first-order chi connectivity index (χ1) is 17.4. The summed E-state index contributed by atoms with van der Waals surface area (Å²) in [7, 11) is -2.34. The van der Waals surface area contributed by atoms with E-state index < -0.39 is 22.2 Å². The third-order valence-electron chi connectivity index (χ3n) is 6.08. The molecular formula is C27H34FN3O5S. The number of carbonyl (C=O) groups excluding carboxylic acids is 1. The van der Waals surface area contributed by atoms with Gasteiger partial charge in [0.1, 0.15) is 22.6 Å². The van der Waals surface area contributed by atoms with Gasteiger partial charge in [0.15, 0.2) is 0 Å². The Morgan fingerprint density at radius 1 is 1.19 bits per heavy atom. The van der Waals surface area contributed by atoms with Crippen molar-refractivity contribution in [1.29, 1.82) is 0 Å². The van der Waals surface area contributed by atoms with Gasteiger partial charge >= 0.3 is 6.03 Å². The van der Waals surface area contributed by atoms with E-state index in [9.17, 15) is 22.7 Å². The van der Waals surface area contributed by atoms with Crippen LogP contribution in [0.2, 0.25) is 0 Å². The Balaban J connectivity index is 2.03. The predicted molar refractivity (Wildman–Crippen MR) is 139 cm³/mol. The van der Waals surface area contributed by atoms with Gasteiger partial charge in [0.05, 0.1) is 13.2 Å². The van der Waals surface area contributed by atoms with Crippen molar-refractivity contribution in [2.75, 3.05) is 26.7 Å². The maximum atomic E-state index is 13.6. The zero-order chi connectivity index (χ0) is 27.3. The first-order valence-corrected chi connectivity index (χ1v) is 13.6. The molecule has 37 heavy (non-hydrogen) atoms.